The van der Waals surface area contributed by atoms with E-state index in [0.29, 0.717) is 25.7 Å². The molecule has 0 aliphatic heterocycles. The number of carbonyl (C=O) groups excluding carboxylic acids is 1. The fourth-order valence-corrected chi connectivity index (χ4v) is 5.11. The third-order valence-corrected chi connectivity index (χ3v) is 8.02. The number of allylic oxidation sites excluding steroid dienone is 6. The van der Waals surface area contributed by atoms with E-state index in [9.17, 15) is 25.2 Å². The number of rotatable bonds is 31. The van der Waals surface area contributed by atoms with Crippen LogP contribution < -0.4 is 5.32 Å². The molecule has 0 radical (unpaired) electrons. The average Bonchev–Trinajstić information content (AvgIpc) is 3.02. The Bertz CT molecular complexity index is 748. The molecule has 0 saturated carbocycles. The molecule has 6 nitrogen and oxygen atoms in total. The Morgan fingerprint density at radius 1 is 0.659 bits per heavy atom. The molecule has 0 saturated heterocycles. The van der Waals surface area contributed by atoms with Gasteiger partial charge in [0.2, 0.25) is 5.91 Å². The van der Waals surface area contributed by atoms with Crippen molar-refractivity contribution in [1.29, 1.82) is 0 Å². The van der Waals surface area contributed by atoms with Crippen molar-refractivity contribution in [2.24, 2.45) is 0 Å². The van der Waals surface area contributed by atoms with Crippen LogP contribution in [0.4, 0.5) is 0 Å². The number of aliphatic hydroxyl groups is 4. The van der Waals surface area contributed by atoms with Crippen molar-refractivity contribution in [2.45, 2.75) is 179 Å². The minimum atomic E-state index is -1.19. The molecule has 0 spiro atoms. The topological polar surface area (TPSA) is 110 Å². The van der Waals surface area contributed by atoms with Crippen LogP contribution in [0.25, 0.3) is 0 Å². The molecule has 6 heteroatoms. The summed E-state index contributed by atoms with van der Waals surface area (Å²) in [5, 5.41) is 43.3. The molecule has 0 aliphatic rings. The molecule has 0 heterocycles. The van der Waals surface area contributed by atoms with Crippen LogP contribution in [0.2, 0.25) is 0 Å². The lowest BCUT2D eigenvalue weighted by Gasteiger charge is -2.26. The van der Waals surface area contributed by atoms with Gasteiger partial charge in [0.15, 0.2) is 0 Å². The van der Waals surface area contributed by atoms with Crippen LogP contribution in [0.1, 0.15) is 155 Å². The molecule has 0 bridgehead atoms. The first-order chi connectivity index (χ1) is 21.5. The molecule has 4 atom stereocenters. The first kappa shape index (κ1) is 42.3. The van der Waals surface area contributed by atoms with Gasteiger partial charge in [-0.3, -0.25) is 4.79 Å². The smallest absolute Gasteiger partial charge is 0.220 e. The highest BCUT2D eigenvalue weighted by Crippen LogP contribution is 2.15. The van der Waals surface area contributed by atoms with Gasteiger partial charge in [0, 0.05) is 6.42 Å². The van der Waals surface area contributed by atoms with Crippen molar-refractivity contribution < 1.29 is 25.2 Å². The van der Waals surface area contributed by atoms with E-state index in [1.807, 2.05) is 24.3 Å². The molecule has 44 heavy (non-hydrogen) atoms. The van der Waals surface area contributed by atoms with Gasteiger partial charge in [0.25, 0.3) is 0 Å². The molecule has 0 aromatic heterocycles. The number of aliphatic hydroxyl groups excluding tert-OH is 4. The van der Waals surface area contributed by atoms with Gasteiger partial charge in [-0.1, -0.05) is 152 Å². The van der Waals surface area contributed by atoms with Gasteiger partial charge in [-0.25, -0.2) is 0 Å². The van der Waals surface area contributed by atoms with Crippen molar-refractivity contribution in [3.05, 3.63) is 48.6 Å². The van der Waals surface area contributed by atoms with Crippen LogP contribution in [0.3, 0.4) is 0 Å². The molecule has 0 rings (SSSR count). The molecule has 256 valence electrons. The van der Waals surface area contributed by atoms with Crippen LogP contribution >= 0.6 is 0 Å². The van der Waals surface area contributed by atoms with Gasteiger partial charge >= 0.3 is 0 Å². The van der Waals surface area contributed by atoms with Crippen LogP contribution in [-0.4, -0.2) is 57.3 Å². The molecule has 0 aromatic carbocycles. The Balaban J connectivity index is 3.95. The fraction of sp³-hybridized carbons (Fsp3) is 0.763. The van der Waals surface area contributed by atoms with Crippen molar-refractivity contribution in [1.82, 2.24) is 5.32 Å². The van der Waals surface area contributed by atoms with Crippen molar-refractivity contribution >= 4 is 5.91 Å². The zero-order valence-corrected chi connectivity index (χ0v) is 28.4. The number of nitrogens with one attached hydrogen (secondary N) is 1. The quantitative estimate of drug-likeness (QED) is 0.0304. The lowest BCUT2D eigenvalue weighted by atomic mass is 9.99. The summed E-state index contributed by atoms with van der Waals surface area (Å²) in [6.07, 6.45) is 36.5. The molecular weight excluding hydrogens is 550 g/mol. The van der Waals surface area contributed by atoms with Gasteiger partial charge < -0.3 is 25.7 Å². The summed E-state index contributed by atoms with van der Waals surface area (Å²) in [6, 6.07) is -0.870. The first-order valence-electron chi connectivity index (χ1n) is 18.0. The summed E-state index contributed by atoms with van der Waals surface area (Å²) in [4.78, 5) is 12.3. The van der Waals surface area contributed by atoms with Gasteiger partial charge in [-0.2, -0.15) is 0 Å². The van der Waals surface area contributed by atoms with E-state index < -0.39 is 31.0 Å². The van der Waals surface area contributed by atoms with Crippen LogP contribution in [-0.2, 0) is 4.79 Å². The normalized spacial score (nSPS) is 15.1. The number of hydrogen-bond acceptors (Lipinski definition) is 5. The van der Waals surface area contributed by atoms with Crippen LogP contribution in [0.15, 0.2) is 48.6 Å². The summed E-state index contributed by atoms with van der Waals surface area (Å²) in [5.41, 5.74) is 0. The Labute approximate surface area is 270 Å². The highest BCUT2D eigenvalue weighted by molar-refractivity contribution is 5.76. The zero-order valence-electron chi connectivity index (χ0n) is 28.4. The van der Waals surface area contributed by atoms with Gasteiger partial charge in [-0.05, 0) is 44.9 Å². The summed E-state index contributed by atoms with van der Waals surface area (Å²) in [7, 11) is 0. The summed E-state index contributed by atoms with van der Waals surface area (Å²) >= 11 is 0. The Hall–Kier alpha value is -1.73. The maximum atomic E-state index is 12.3. The molecule has 0 aliphatic carbocycles. The molecular formula is C38H69NO5. The van der Waals surface area contributed by atoms with Crippen molar-refractivity contribution in [3.63, 3.8) is 0 Å². The Morgan fingerprint density at radius 2 is 1.23 bits per heavy atom. The molecule has 0 fully saturated rings. The van der Waals surface area contributed by atoms with Crippen molar-refractivity contribution in [3.8, 4) is 0 Å². The molecule has 1 amide bonds. The second kappa shape index (κ2) is 32.7. The third kappa shape index (κ3) is 27.8. The largest absolute Gasteiger partial charge is 0.394 e. The molecule has 3 unspecified atom stereocenters. The van der Waals surface area contributed by atoms with E-state index in [-0.39, 0.29) is 12.3 Å². The van der Waals surface area contributed by atoms with E-state index in [1.54, 1.807) is 6.08 Å². The summed E-state index contributed by atoms with van der Waals surface area (Å²) in [5.74, 6) is -0.248. The third-order valence-electron chi connectivity index (χ3n) is 8.02. The number of carbonyl (C=O) groups is 1. The Kier molecular flexibility index (Phi) is 31.4. The zero-order chi connectivity index (χ0) is 32.5. The minimum Gasteiger partial charge on any atom is -0.394 e. The number of amides is 1. The van der Waals surface area contributed by atoms with E-state index >= 15 is 0 Å². The molecule has 5 N–H and O–H groups in total. The van der Waals surface area contributed by atoms with E-state index in [0.717, 1.165) is 32.1 Å². The van der Waals surface area contributed by atoms with Gasteiger partial charge in [0.05, 0.1) is 24.9 Å². The maximum Gasteiger partial charge on any atom is 0.220 e. The highest BCUT2D eigenvalue weighted by atomic mass is 16.3. The van der Waals surface area contributed by atoms with Crippen LogP contribution in [0.5, 0.6) is 0 Å². The monoisotopic (exact) mass is 620 g/mol. The van der Waals surface area contributed by atoms with E-state index in [2.05, 4.69) is 37.4 Å². The number of unbranched alkanes of at least 4 members (excludes halogenated alkanes) is 15. The van der Waals surface area contributed by atoms with E-state index in [1.165, 1.54) is 77.0 Å². The van der Waals surface area contributed by atoms with Crippen molar-refractivity contribution in [2.75, 3.05) is 6.61 Å². The second-order valence-electron chi connectivity index (χ2n) is 12.3. The Morgan fingerprint density at radius 3 is 1.86 bits per heavy atom. The minimum absolute atomic E-state index is 0.248. The lowest BCUT2D eigenvalue weighted by Crippen LogP contribution is -2.50. The van der Waals surface area contributed by atoms with Gasteiger partial charge in [0.1, 0.15) is 6.10 Å². The van der Waals surface area contributed by atoms with E-state index in [4.69, 9.17) is 0 Å². The van der Waals surface area contributed by atoms with Gasteiger partial charge in [-0.15, -0.1) is 0 Å². The highest BCUT2D eigenvalue weighted by Gasteiger charge is 2.26. The second-order valence-corrected chi connectivity index (χ2v) is 12.3. The first-order valence-corrected chi connectivity index (χ1v) is 18.0. The fourth-order valence-electron chi connectivity index (χ4n) is 5.11. The molecule has 0 aromatic rings. The van der Waals surface area contributed by atoms with Crippen LogP contribution in [0, 0.1) is 0 Å². The SMILES string of the molecule is CCCCC/C=C\C/C=C\CC(O)/C=C\C=C\CCCC(=O)N[C@@H](CO)C(O)C(O)CCCCCCCCCCCCCC. The summed E-state index contributed by atoms with van der Waals surface area (Å²) < 4.78 is 0. The lowest BCUT2D eigenvalue weighted by molar-refractivity contribution is -0.124. The predicted octanol–water partition coefficient (Wildman–Crippen LogP) is 8.39. The predicted molar refractivity (Wildman–Crippen MR) is 187 cm³/mol. The maximum absolute atomic E-state index is 12.3. The average molecular weight is 620 g/mol. The summed E-state index contributed by atoms with van der Waals surface area (Å²) in [6.45, 7) is 4.04. The number of hydrogen-bond donors (Lipinski definition) is 5. The standard InChI is InChI=1S/C38H69NO5/c1-3-5-7-9-11-13-14-15-17-19-23-27-31-36(42)38(44)35(33-40)39-37(43)32-28-24-20-22-26-30-34(41)29-25-21-18-16-12-10-8-6-4-2/h12,16,20-22,25-26,30,34-36,38,40-42,44H,3-11,13-15,17-19,23-24,27-29,31-33H2,1-2H3,(H,39,43)/b16-12-,22-20+,25-21-,30-26-/t34?,35-,36?,38?/m0/s1.